The molecule has 1 aliphatic rings. The van der Waals surface area contributed by atoms with Crippen molar-refractivity contribution in [1.29, 1.82) is 0 Å². The first-order chi connectivity index (χ1) is 11.4. The first kappa shape index (κ1) is 18.8. The van der Waals surface area contributed by atoms with Gasteiger partial charge in [0, 0.05) is 0 Å². The Hall–Kier alpha value is -1.57. The number of ether oxygens (including phenoxy) is 1. The maximum Gasteiger partial charge on any atom is 0.312 e. The fourth-order valence-electron chi connectivity index (χ4n) is 3.34. The lowest BCUT2D eigenvalue weighted by molar-refractivity contribution is -0.175. The first-order valence-electron chi connectivity index (χ1n) is 9.40. The zero-order valence-electron chi connectivity index (χ0n) is 15.6. The Morgan fingerprint density at radius 2 is 1.83 bits per heavy atom. The van der Waals surface area contributed by atoms with Crippen LogP contribution in [0.1, 0.15) is 83.3 Å². The first-order valence-corrected chi connectivity index (χ1v) is 9.40. The van der Waals surface area contributed by atoms with Gasteiger partial charge >= 0.3 is 5.97 Å². The van der Waals surface area contributed by atoms with Crippen LogP contribution in [0.4, 0.5) is 0 Å². The van der Waals surface area contributed by atoms with E-state index in [0.717, 1.165) is 43.2 Å². The molecule has 2 rings (SSSR count). The molecule has 2 heteroatoms. The fraction of sp³-hybridized carbons (Fsp3) is 0.591. The fourth-order valence-corrected chi connectivity index (χ4v) is 3.34. The van der Waals surface area contributed by atoms with Crippen LogP contribution in [0.3, 0.4) is 0 Å². The number of rotatable bonds is 5. The van der Waals surface area contributed by atoms with E-state index in [1.54, 1.807) is 0 Å². The van der Waals surface area contributed by atoms with Crippen molar-refractivity contribution in [2.24, 2.45) is 5.41 Å². The average molecular weight is 328 g/mol. The summed E-state index contributed by atoms with van der Waals surface area (Å²) in [4.78, 5) is 12.9. The maximum absolute atomic E-state index is 12.9. The lowest BCUT2D eigenvalue weighted by Crippen LogP contribution is -2.38. The van der Waals surface area contributed by atoms with Gasteiger partial charge in [-0.3, -0.25) is 4.79 Å². The zero-order chi connectivity index (χ0) is 17.6. The van der Waals surface area contributed by atoms with E-state index in [4.69, 9.17) is 4.74 Å². The van der Waals surface area contributed by atoms with Crippen molar-refractivity contribution in [2.75, 3.05) is 0 Å². The molecule has 0 atom stereocenters. The molecule has 1 aliphatic carbocycles. The molecule has 2 nitrogen and oxygen atoms in total. The molecule has 0 N–H and O–H groups in total. The number of benzene rings is 1. The summed E-state index contributed by atoms with van der Waals surface area (Å²) in [5, 5.41) is 0. The molecule has 0 heterocycles. The molecule has 24 heavy (non-hydrogen) atoms. The summed E-state index contributed by atoms with van der Waals surface area (Å²) in [5.74, 6) is -0.0745. The third kappa shape index (κ3) is 4.28. The van der Waals surface area contributed by atoms with Crippen molar-refractivity contribution in [3.05, 3.63) is 42.0 Å². The quantitative estimate of drug-likeness (QED) is 0.597. The second-order valence-corrected chi connectivity index (χ2v) is 7.72. The van der Waals surface area contributed by atoms with Crippen molar-refractivity contribution < 1.29 is 9.53 Å². The molecule has 132 valence electrons. The van der Waals surface area contributed by atoms with Crippen LogP contribution < -0.4 is 0 Å². The Balaban J connectivity index is 2.39. The highest BCUT2D eigenvalue weighted by Crippen LogP contribution is 2.41. The molecular formula is C22H32O2. The second-order valence-electron chi connectivity index (χ2n) is 7.72. The van der Waals surface area contributed by atoms with E-state index in [0.29, 0.717) is 0 Å². The molecule has 0 spiro atoms. The van der Waals surface area contributed by atoms with Crippen LogP contribution in [0.15, 0.2) is 30.8 Å². The van der Waals surface area contributed by atoms with Crippen molar-refractivity contribution in [3.63, 3.8) is 0 Å². The van der Waals surface area contributed by atoms with E-state index < -0.39 is 11.0 Å². The average Bonchev–Trinajstić information content (AvgIpc) is 2.57. The van der Waals surface area contributed by atoms with Gasteiger partial charge in [0.1, 0.15) is 5.60 Å². The van der Waals surface area contributed by atoms with Crippen LogP contribution in [-0.4, -0.2) is 5.97 Å². The highest BCUT2D eigenvalue weighted by Gasteiger charge is 2.40. The van der Waals surface area contributed by atoms with Crippen molar-refractivity contribution in [3.8, 4) is 0 Å². The van der Waals surface area contributed by atoms with Crippen LogP contribution in [0.25, 0.3) is 6.08 Å². The molecular weight excluding hydrogens is 296 g/mol. The summed E-state index contributed by atoms with van der Waals surface area (Å²) in [6.07, 6.45) is 10.4. The smallest absolute Gasteiger partial charge is 0.312 e. The van der Waals surface area contributed by atoms with Crippen molar-refractivity contribution in [2.45, 2.75) is 77.7 Å². The molecule has 0 aliphatic heterocycles. The van der Waals surface area contributed by atoms with Gasteiger partial charge in [0.05, 0.1) is 5.41 Å². The molecule has 0 saturated heterocycles. The number of hydrogen-bond acceptors (Lipinski definition) is 2. The van der Waals surface area contributed by atoms with Gasteiger partial charge < -0.3 is 4.74 Å². The van der Waals surface area contributed by atoms with Gasteiger partial charge in [0.25, 0.3) is 0 Å². The van der Waals surface area contributed by atoms with Gasteiger partial charge in [-0.1, -0.05) is 57.0 Å². The maximum atomic E-state index is 12.9. The molecule has 1 aromatic carbocycles. The molecule has 0 amide bonds. The van der Waals surface area contributed by atoms with Gasteiger partial charge in [0.15, 0.2) is 0 Å². The Labute approximate surface area is 147 Å². The number of hydrogen-bond donors (Lipinski definition) is 0. The van der Waals surface area contributed by atoms with Gasteiger partial charge in [-0.25, -0.2) is 0 Å². The van der Waals surface area contributed by atoms with E-state index in [9.17, 15) is 4.79 Å². The van der Waals surface area contributed by atoms with E-state index in [-0.39, 0.29) is 5.97 Å². The molecule has 0 unspecified atom stereocenters. The van der Waals surface area contributed by atoms with Gasteiger partial charge in [0.2, 0.25) is 0 Å². The molecule has 0 bridgehead atoms. The highest BCUT2D eigenvalue weighted by molar-refractivity contribution is 5.76. The summed E-state index contributed by atoms with van der Waals surface area (Å²) in [6.45, 7) is 9.88. The Kier molecular flexibility index (Phi) is 6.26. The molecule has 1 saturated carbocycles. The topological polar surface area (TPSA) is 26.3 Å². The van der Waals surface area contributed by atoms with Crippen LogP contribution in [-0.2, 0) is 15.1 Å². The zero-order valence-corrected chi connectivity index (χ0v) is 15.6. The lowest BCUT2D eigenvalue weighted by atomic mass is 9.80. The van der Waals surface area contributed by atoms with E-state index >= 15 is 0 Å². The number of esters is 1. The van der Waals surface area contributed by atoms with Crippen LogP contribution in [0.5, 0.6) is 0 Å². The van der Waals surface area contributed by atoms with Crippen LogP contribution in [0, 0.1) is 5.41 Å². The summed E-state index contributed by atoms with van der Waals surface area (Å²) in [6, 6.07) is 8.35. The van der Waals surface area contributed by atoms with Crippen LogP contribution >= 0.6 is 0 Å². The highest BCUT2D eigenvalue weighted by atomic mass is 16.6. The van der Waals surface area contributed by atoms with E-state index in [1.807, 2.05) is 39.0 Å². The number of carbonyl (C=O) groups is 1. The molecule has 1 aromatic rings. The summed E-state index contributed by atoms with van der Waals surface area (Å²) >= 11 is 0. The minimum Gasteiger partial charge on any atom is -0.454 e. The van der Waals surface area contributed by atoms with Gasteiger partial charge in [-0.15, -0.1) is 0 Å². The monoisotopic (exact) mass is 328 g/mol. The standard InChI is InChI=1S/C22H32O2/c1-5-18-13-12-14-19(17-18)22(15-10-8-7-9-11-16-22)24-20(23)21(3,4)6-2/h5,12-14,17H,1,6-11,15-16H2,2-4H3. The Morgan fingerprint density at radius 3 is 2.42 bits per heavy atom. The molecule has 1 fully saturated rings. The molecule has 0 aromatic heterocycles. The second kappa shape index (κ2) is 8.00. The predicted octanol–water partition coefficient (Wildman–Crippen LogP) is 6.25. The number of carbonyl (C=O) groups excluding carboxylic acids is 1. The van der Waals surface area contributed by atoms with Crippen molar-refractivity contribution >= 4 is 12.0 Å². The van der Waals surface area contributed by atoms with Gasteiger partial charge in [-0.2, -0.15) is 0 Å². The third-order valence-electron chi connectivity index (χ3n) is 5.53. The Bertz CT molecular complexity index is 563. The van der Waals surface area contributed by atoms with E-state index in [1.165, 1.54) is 19.3 Å². The predicted molar refractivity (Wildman–Crippen MR) is 101 cm³/mol. The van der Waals surface area contributed by atoms with Gasteiger partial charge in [-0.05, 0) is 63.1 Å². The van der Waals surface area contributed by atoms with Crippen molar-refractivity contribution in [1.82, 2.24) is 0 Å². The summed E-state index contributed by atoms with van der Waals surface area (Å²) in [5.41, 5.74) is 1.29. The lowest BCUT2D eigenvalue weighted by Gasteiger charge is -2.38. The normalized spacial score (nSPS) is 18.3. The summed E-state index contributed by atoms with van der Waals surface area (Å²) < 4.78 is 6.28. The largest absolute Gasteiger partial charge is 0.454 e. The minimum absolute atomic E-state index is 0.0745. The minimum atomic E-state index is -0.483. The third-order valence-corrected chi connectivity index (χ3v) is 5.53. The molecule has 0 radical (unpaired) electrons. The van der Waals surface area contributed by atoms with Crippen LogP contribution in [0.2, 0.25) is 0 Å². The Morgan fingerprint density at radius 1 is 1.21 bits per heavy atom. The summed E-state index contributed by atoms with van der Waals surface area (Å²) in [7, 11) is 0. The SMILES string of the molecule is C=Cc1cccc(C2(OC(=O)C(C)(C)CC)CCCCCCC2)c1. The van der Waals surface area contributed by atoms with E-state index in [2.05, 4.69) is 18.7 Å².